The van der Waals surface area contributed by atoms with E-state index in [4.69, 9.17) is 5.73 Å². The van der Waals surface area contributed by atoms with Gasteiger partial charge in [0.25, 0.3) is 0 Å². The Kier molecular flexibility index (Phi) is 19.7. The number of carboxylic acids is 2. The molecule has 0 unspecified atom stereocenters. The van der Waals surface area contributed by atoms with E-state index in [1.807, 2.05) is 36.4 Å². The zero-order chi connectivity index (χ0) is 59.0. The van der Waals surface area contributed by atoms with Crippen molar-refractivity contribution in [1.29, 1.82) is 0 Å². The number of phenolic OH excluding ortho intramolecular Hbond substituents is 2. The first-order valence-electron chi connectivity index (χ1n) is 26.7. The monoisotopic (exact) mass is 1130 g/mol. The number of nitrogens with two attached hydrogens (primary N) is 1. The highest BCUT2D eigenvalue weighted by molar-refractivity contribution is 5.98. The van der Waals surface area contributed by atoms with Gasteiger partial charge in [0, 0.05) is 66.3 Å². The topological polar surface area (TPSA) is 347 Å². The van der Waals surface area contributed by atoms with Gasteiger partial charge in [-0.05, 0) is 76.2 Å². The van der Waals surface area contributed by atoms with Gasteiger partial charge >= 0.3 is 11.9 Å². The Balaban J connectivity index is 1.05. The first-order chi connectivity index (χ1) is 40.0. The van der Waals surface area contributed by atoms with E-state index in [0.29, 0.717) is 33.4 Å². The molecule has 0 aliphatic carbocycles. The molecule has 428 valence electrons. The number of benzene rings is 6. The number of fused-ring (bicyclic) bond motifs is 2. The molecule has 0 fully saturated rings. The van der Waals surface area contributed by atoms with Crippen molar-refractivity contribution in [3.05, 3.63) is 203 Å². The molecule has 21 heteroatoms. The average Bonchev–Trinajstić information content (AvgIpc) is 4.33. The normalized spacial score (nSPS) is 13.7. The van der Waals surface area contributed by atoms with Gasteiger partial charge in [-0.3, -0.25) is 38.9 Å². The Morgan fingerprint density at radius 3 is 1.11 bits per heavy atom. The van der Waals surface area contributed by atoms with Crippen molar-refractivity contribution in [2.45, 2.75) is 87.2 Å². The van der Waals surface area contributed by atoms with Gasteiger partial charge in [0.1, 0.15) is 47.8 Å². The second kappa shape index (κ2) is 27.7. The van der Waals surface area contributed by atoms with Crippen LogP contribution >= 0.6 is 0 Å². The molecule has 0 radical (unpaired) electrons. The van der Waals surface area contributed by atoms with Gasteiger partial charge < -0.3 is 62.7 Å². The third kappa shape index (κ3) is 16.4. The lowest BCUT2D eigenvalue weighted by Crippen LogP contribution is -2.61. The van der Waals surface area contributed by atoms with Crippen molar-refractivity contribution < 1.29 is 58.8 Å². The molecule has 6 aromatic carbocycles. The second-order valence-corrected chi connectivity index (χ2v) is 20.2. The van der Waals surface area contributed by atoms with Crippen molar-refractivity contribution >= 4 is 69.2 Å². The molecule has 7 atom stereocenters. The Bertz CT molecular complexity index is 3570. The van der Waals surface area contributed by atoms with E-state index in [0.717, 1.165) is 21.8 Å². The number of H-pyrrole nitrogens is 2. The number of primary amides is 1. The minimum absolute atomic E-state index is 0.0101. The third-order valence-electron chi connectivity index (χ3n) is 14.1. The van der Waals surface area contributed by atoms with Crippen LogP contribution in [0.4, 0.5) is 0 Å². The molecular weight excluding hydrogens is 1060 g/mol. The number of carboxylic acid groups (broad SMARTS) is 2. The number of nitrogens with one attached hydrogen (secondary N) is 8. The molecule has 8 aromatic rings. The fourth-order valence-corrected chi connectivity index (χ4v) is 9.76. The molecule has 0 aliphatic rings. The predicted molar refractivity (Wildman–Crippen MR) is 307 cm³/mol. The molecule has 8 rings (SSSR count). The summed E-state index contributed by atoms with van der Waals surface area (Å²) in [6, 6.07) is 33.0. The molecule has 2 aromatic heterocycles. The van der Waals surface area contributed by atoms with Gasteiger partial charge in [-0.25, -0.2) is 4.79 Å². The molecular formula is C62H63N9O12. The number of hydrogen-bond acceptors (Lipinski definition) is 11. The van der Waals surface area contributed by atoms with Crippen LogP contribution in [-0.4, -0.2) is 120 Å². The molecule has 0 aliphatic heterocycles. The fraction of sp³-hybridized carbons (Fsp3) is 0.226. The number of rotatable bonds is 28. The summed E-state index contributed by atoms with van der Waals surface area (Å²) in [4.78, 5) is 118. The average molecular weight is 1130 g/mol. The summed E-state index contributed by atoms with van der Waals surface area (Å²) in [5.41, 5.74) is 10.6. The van der Waals surface area contributed by atoms with Crippen LogP contribution in [0.5, 0.6) is 11.5 Å². The van der Waals surface area contributed by atoms with Crippen LogP contribution < -0.4 is 37.6 Å². The van der Waals surface area contributed by atoms with Gasteiger partial charge in [0.2, 0.25) is 35.4 Å². The first kappa shape index (κ1) is 58.9. The highest BCUT2D eigenvalue weighted by Gasteiger charge is 2.36. The molecule has 83 heavy (non-hydrogen) atoms. The van der Waals surface area contributed by atoms with E-state index in [-0.39, 0.29) is 50.0 Å². The predicted octanol–water partition coefficient (Wildman–Crippen LogP) is 3.61. The van der Waals surface area contributed by atoms with E-state index in [2.05, 4.69) is 41.9 Å². The lowest BCUT2D eigenvalue weighted by Gasteiger charge is -2.28. The van der Waals surface area contributed by atoms with E-state index >= 15 is 0 Å². The van der Waals surface area contributed by atoms with Gasteiger partial charge in [-0.2, -0.15) is 0 Å². The Morgan fingerprint density at radius 2 is 0.699 bits per heavy atom. The van der Waals surface area contributed by atoms with Crippen molar-refractivity contribution in [3.63, 3.8) is 0 Å². The zero-order valence-corrected chi connectivity index (χ0v) is 44.8. The number of aromatic nitrogens is 2. The maximum absolute atomic E-state index is 14.7. The van der Waals surface area contributed by atoms with E-state index in [1.165, 1.54) is 48.5 Å². The number of phenols is 2. The summed E-state index contributed by atoms with van der Waals surface area (Å²) in [5.74, 6) is -8.52. The van der Waals surface area contributed by atoms with Crippen LogP contribution in [-0.2, 0) is 76.9 Å². The van der Waals surface area contributed by atoms with E-state index in [9.17, 15) is 58.8 Å². The SMILES string of the molecule is NC(=O)C[C@H](NC(=O)[C@H](Cc1ccccc1)NC(=O)[C@H](Cc1ccccc1)N[C@H](Cc1c[nH]c2ccccc12)C(=O)O)C(=O)N[C@@H](Cc1ccc(O)cc1)C(=O)N[C@@H](Cc1ccc(O)cc1)C(=O)N[C@@H](Cc1c[nH]c2ccccc12)C(=O)O. The number of aromatic hydroxyl groups is 2. The summed E-state index contributed by atoms with van der Waals surface area (Å²) in [6.45, 7) is 0. The fourth-order valence-electron chi connectivity index (χ4n) is 9.76. The molecule has 14 N–H and O–H groups in total. The van der Waals surface area contributed by atoms with Crippen LogP contribution in [0, 0.1) is 0 Å². The van der Waals surface area contributed by atoms with Crippen LogP contribution in [0.25, 0.3) is 21.8 Å². The quantitative estimate of drug-likeness (QED) is 0.0334. The number of para-hydroxylation sites is 2. The highest BCUT2D eigenvalue weighted by Crippen LogP contribution is 2.22. The summed E-state index contributed by atoms with van der Waals surface area (Å²) < 4.78 is 0. The molecule has 0 bridgehead atoms. The number of amides is 6. The summed E-state index contributed by atoms with van der Waals surface area (Å²) in [5, 5.41) is 58.7. The van der Waals surface area contributed by atoms with Crippen molar-refractivity contribution in [2.75, 3.05) is 0 Å². The smallest absolute Gasteiger partial charge is 0.326 e. The maximum atomic E-state index is 14.7. The minimum atomic E-state index is -1.78. The minimum Gasteiger partial charge on any atom is -0.508 e. The molecule has 2 heterocycles. The maximum Gasteiger partial charge on any atom is 0.326 e. The van der Waals surface area contributed by atoms with Crippen LogP contribution in [0.1, 0.15) is 39.8 Å². The number of carbonyl (C=O) groups is 8. The van der Waals surface area contributed by atoms with Crippen LogP contribution in [0.3, 0.4) is 0 Å². The molecule has 0 saturated carbocycles. The summed E-state index contributed by atoms with van der Waals surface area (Å²) >= 11 is 0. The Hall–Kier alpha value is -10.3. The van der Waals surface area contributed by atoms with Gasteiger partial charge in [-0.15, -0.1) is 0 Å². The van der Waals surface area contributed by atoms with E-state index in [1.54, 1.807) is 85.2 Å². The number of aromatic amines is 2. The van der Waals surface area contributed by atoms with Crippen LogP contribution in [0.2, 0.25) is 0 Å². The Labute approximate surface area is 476 Å². The molecule has 6 amide bonds. The standard InChI is InChI=1S/C62H63N9O12/c63-55(74)33-52(70-58(77)49(28-37-13-5-2-6-14-37)67-56(75)48(27-36-11-3-1-4-12-36)66-53(61(80)81)31-40-34-64-46-17-9-7-15-44(40)46)60(79)69-50(29-38-19-23-42(72)24-20-38)57(76)68-51(30-39-21-25-43(73)26-22-39)59(78)71-54(62(82)83)32-41-35-65-47-18-10-8-16-45(41)47/h1-26,34-35,48-54,64-66,72-73H,27-33H2,(H2,63,74)(H,67,75)(H,68,76)(H,69,79)(H,70,77)(H,71,78)(H,80,81)(H,82,83)/t48-,49-,50-,51-,52-,53+,54-/m0/s1. The van der Waals surface area contributed by atoms with E-state index < -0.39 is 96.1 Å². The molecule has 0 spiro atoms. The summed E-state index contributed by atoms with van der Waals surface area (Å²) in [7, 11) is 0. The Morgan fingerprint density at radius 1 is 0.373 bits per heavy atom. The first-order valence-corrected chi connectivity index (χ1v) is 26.7. The van der Waals surface area contributed by atoms with Crippen LogP contribution in [0.15, 0.2) is 170 Å². The second-order valence-electron chi connectivity index (χ2n) is 20.2. The van der Waals surface area contributed by atoms with Crippen molar-refractivity contribution in [1.82, 2.24) is 41.9 Å². The lowest BCUT2D eigenvalue weighted by molar-refractivity contribution is -0.142. The number of hydrogen-bond donors (Lipinski definition) is 13. The molecule has 21 nitrogen and oxygen atoms in total. The van der Waals surface area contributed by atoms with Gasteiger partial charge in [-0.1, -0.05) is 121 Å². The van der Waals surface area contributed by atoms with Gasteiger partial charge in [0.15, 0.2) is 0 Å². The number of carbonyl (C=O) groups excluding carboxylic acids is 6. The highest BCUT2D eigenvalue weighted by atomic mass is 16.4. The zero-order valence-electron chi connectivity index (χ0n) is 44.8. The summed E-state index contributed by atoms with van der Waals surface area (Å²) in [6.07, 6.45) is 1.70. The van der Waals surface area contributed by atoms with Crippen molar-refractivity contribution in [3.8, 4) is 11.5 Å². The van der Waals surface area contributed by atoms with Gasteiger partial charge in [0.05, 0.1) is 12.5 Å². The third-order valence-corrected chi connectivity index (χ3v) is 14.1. The van der Waals surface area contributed by atoms with Crippen molar-refractivity contribution in [2.24, 2.45) is 5.73 Å². The molecule has 0 saturated heterocycles. The lowest BCUT2D eigenvalue weighted by atomic mass is 9.99. The number of aliphatic carboxylic acids is 2. The largest absolute Gasteiger partial charge is 0.508 e.